The predicted molar refractivity (Wildman–Crippen MR) is 314 cm³/mol. The summed E-state index contributed by atoms with van der Waals surface area (Å²) in [5.41, 5.74) is 10.3. The van der Waals surface area contributed by atoms with Gasteiger partial charge in [-0.25, -0.2) is 0 Å². The van der Waals surface area contributed by atoms with Crippen molar-refractivity contribution in [3.05, 3.63) is 229 Å². The van der Waals surface area contributed by atoms with Crippen molar-refractivity contribution in [2.75, 3.05) is 0 Å². The van der Waals surface area contributed by atoms with Crippen molar-refractivity contribution in [2.24, 2.45) is 0 Å². The average Bonchev–Trinajstić information content (AvgIpc) is 1.62. The van der Waals surface area contributed by atoms with Crippen LogP contribution in [0.3, 0.4) is 0 Å². The van der Waals surface area contributed by atoms with Gasteiger partial charge in [0.2, 0.25) is 11.4 Å². The third-order valence-electron chi connectivity index (χ3n) is 12.0. The van der Waals surface area contributed by atoms with Crippen LogP contribution in [0.4, 0.5) is 0 Å². The molecule has 0 saturated carbocycles. The third kappa shape index (κ3) is 13.6. The Morgan fingerprint density at radius 3 is 1.39 bits per heavy atom. The quantitative estimate of drug-likeness (QED) is 0.122. The van der Waals surface area contributed by atoms with Gasteiger partial charge in [0.25, 0.3) is 0 Å². The number of pyridine rings is 4. The van der Waals surface area contributed by atoms with Crippen LogP contribution in [0.2, 0.25) is 39.3 Å². The summed E-state index contributed by atoms with van der Waals surface area (Å²) in [6.45, 7) is 5.47. The molecule has 0 atom stereocenters. The molecule has 6 aromatic heterocycles. The summed E-state index contributed by atoms with van der Waals surface area (Å²) in [7, 11) is -3.12. The Balaban J connectivity index is 0.000000167. The predicted octanol–water partition coefficient (Wildman–Crippen LogP) is 16.3. The molecule has 76 heavy (non-hydrogen) atoms. The van der Waals surface area contributed by atoms with Crippen molar-refractivity contribution in [3.8, 4) is 45.0 Å². The fourth-order valence-corrected chi connectivity index (χ4v) is 11.3. The molecule has 0 N–H and O–H groups in total. The first-order valence-electron chi connectivity index (χ1n) is 30.0. The van der Waals surface area contributed by atoms with Crippen molar-refractivity contribution in [2.45, 2.75) is 66.7 Å². The van der Waals surface area contributed by atoms with Crippen LogP contribution in [0.1, 0.15) is 38.7 Å². The molecule has 6 aromatic carbocycles. The monoisotopic (exact) mass is 1390 g/mol. The number of furan rings is 2. The van der Waals surface area contributed by atoms with Gasteiger partial charge in [-0.3, -0.25) is 9.97 Å². The number of hydrogen-bond acceptors (Lipinski definition) is 6. The first-order valence-corrected chi connectivity index (χ1v) is 31.0. The van der Waals surface area contributed by atoms with Crippen molar-refractivity contribution in [1.82, 2.24) is 19.9 Å². The van der Waals surface area contributed by atoms with E-state index in [2.05, 4.69) is 110 Å². The van der Waals surface area contributed by atoms with Gasteiger partial charge in [0.05, 0.1) is 16.1 Å². The molecule has 0 spiro atoms. The van der Waals surface area contributed by atoms with Gasteiger partial charge >= 0.3 is 0 Å². The first kappa shape index (κ1) is 42.4. The van der Waals surface area contributed by atoms with Crippen molar-refractivity contribution < 1.29 is 65.5 Å². The Labute approximate surface area is 493 Å². The Hall–Kier alpha value is -6.75. The van der Waals surface area contributed by atoms with Crippen LogP contribution in [0.25, 0.3) is 89.2 Å². The second-order valence-corrected chi connectivity index (χ2v) is 29.6. The van der Waals surface area contributed by atoms with Crippen molar-refractivity contribution in [3.63, 3.8) is 0 Å². The Kier molecular flexibility index (Phi) is 13.9. The Bertz CT molecular complexity index is 4060. The minimum Gasteiger partial charge on any atom is -0.439 e. The topological polar surface area (TPSA) is 77.8 Å². The summed E-state index contributed by atoms with van der Waals surface area (Å²) in [5.74, 6) is 0. The second-order valence-electron chi connectivity index (χ2n) is 19.6. The molecule has 0 aliphatic heterocycles. The molecule has 0 aliphatic rings. The average molecular weight is 1390 g/mol. The molecule has 0 aliphatic carbocycles. The van der Waals surface area contributed by atoms with E-state index in [-0.39, 0.29) is 62.5 Å². The largest absolute Gasteiger partial charge is 0.439 e. The molecule has 6 heterocycles. The van der Waals surface area contributed by atoms with Gasteiger partial charge in [-0.05, 0) is 59.7 Å². The van der Waals surface area contributed by atoms with Crippen LogP contribution in [-0.2, 0) is 40.2 Å². The van der Waals surface area contributed by atoms with Gasteiger partial charge in [-0.2, -0.15) is 0 Å². The van der Waals surface area contributed by atoms with E-state index in [9.17, 15) is 0 Å². The molecule has 12 aromatic rings. The van der Waals surface area contributed by atoms with Crippen LogP contribution in [0.5, 0.6) is 0 Å². The Morgan fingerprint density at radius 2 is 0.908 bits per heavy atom. The normalized spacial score (nSPS) is 14.1. The zero-order valence-corrected chi connectivity index (χ0v) is 49.4. The van der Waals surface area contributed by atoms with E-state index >= 15 is 0 Å². The standard InChI is InChI=1S/2C20H18NOSi.2C13H12N.2Ir/c1-23(2,3)18-13-16-15-11-7-8-12-17(15)22-20(16)21-19(18)14-9-5-4-6-10-14;1-23(2,3)18-13-16(14-9-5-4-6-10-14)21-20-19(18)15-11-7-8-12-17(15)22-20;2*1-10-3-6-12(7-4-10)13-8-5-11(2)9-14-13;;/h2*4-9,11-13H,1-3H3;2*3-6,8-9H,1-2H3;;/q4*-1;;/i;;2*1D3,2D3;;. The molecule has 0 amide bonds. The van der Waals surface area contributed by atoms with Crippen LogP contribution in [-0.4, -0.2) is 36.1 Å². The summed E-state index contributed by atoms with van der Waals surface area (Å²) < 4.78 is 99.3. The van der Waals surface area contributed by atoms with Gasteiger partial charge in [-0.1, -0.05) is 136 Å². The molecule has 6 nitrogen and oxygen atoms in total. The van der Waals surface area contributed by atoms with E-state index in [0.29, 0.717) is 28.2 Å². The number of aromatic nitrogens is 4. The van der Waals surface area contributed by atoms with E-state index in [1.165, 1.54) is 64.6 Å². The number of para-hydroxylation sites is 2. The number of benzene rings is 6. The van der Waals surface area contributed by atoms with E-state index in [0.717, 1.165) is 55.6 Å². The molecular weight excluding hydrogens is 1320 g/mol. The van der Waals surface area contributed by atoms with Gasteiger partial charge in [0.1, 0.15) is 11.2 Å². The maximum atomic E-state index is 7.28. The molecule has 0 unspecified atom stereocenters. The van der Waals surface area contributed by atoms with Crippen LogP contribution in [0, 0.1) is 51.7 Å². The van der Waals surface area contributed by atoms with E-state index in [4.69, 9.17) is 35.3 Å². The van der Waals surface area contributed by atoms with Gasteiger partial charge < -0.3 is 18.8 Å². The maximum absolute atomic E-state index is 7.28. The summed E-state index contributed by atoms with van der Waals surface area (Å²) in [4.78, 5) is 17.8. The zero-order valence-electron chi connectivity index (χ0n) is 54.6. The molecule has 386 valence electrons. The smallest absolute Gasteiger partial charge is 0.218 e. The molecule has 0 bridgehead atoms. The summed E-state index contributed by atoms with van der Waals surface area (Å²) in [6, 6.07) is 64.3. The summed E-state index contributed by atoms with van der Waals surface area (Å²) in [5, 5.41) is 7.32. The van der Waals surface area contributed by atoms with Crippen LogP contribution >= 0.6 is 0 Å². The van der Waals surface area contributed by atoms with Gasteiger partial charge in [0, 0.05) is 90.6 Å². The fourth-order valence-electron chi connectivity index (χ4n) is 8.25. The number of nitrogens with zero attached hydrogens (tertiary/aromatic N) is 4. The number of aryl methyl sites for hydroxylation is 4. The SMILES string of the molecule is C[Si](C)(C)c1cc(-c2[c-]cccc2)nc2oc3ccccc3c12.C[Si](C)(C)c1cc2c(nc1-c1[c-]cccc1)oc1ccccc12.[2H]C([2H])([2H])c1c[c-]c(-c2ccc(C([2H])([2H])[2H])cn2)cc1.[2H]C([2H])([2H])c1c[c-]c(-c2ccc(C([2H])([2H])[2H])cn2)cc1.[Ir].[Ir]. The zero-order chi connectivity index (χ0) is 62.0. The molecule has 12 rings (SSSR count). The first-order chi connectivity index (χ1) is 40.4. The van der Waals surface area contributed by atoms with Gasteiger partial charge in [-0.15, -0.1) is 143 Å². The van der Waals surface area contributed by atoms with Crippen LogP contribution in [0.15, 0.2) is 191 Å². The van der Waals surface area contributed by atoms with Crippen molar-refractivity contribution in [1.29, 1.82) is 0 Å². The second kappa shape index (κ2) is 24.9. The molecule has 10 heteroatoms. The molecule has 2 radical (unpaired) electrons. The number of hydrogen-bond donors (Lipinski definition) is 0. The molecule has 0 fully saturated rings. The van der Waals surface area contributed by atoms with Gasteiger partial charge in [0.15, 0.2) is 0 Å². The van der Waals surface area contributed by atoms with Crippen molar-refractivity contribution >= 4 is 70.7 Å². The molecule has 0 saturated heterocycles. The number of fused-ring (bicyclic) bond motifs is 6. The molecular formula is C66H60Ir2N4O2Si2-4. The van der Waals surface area contributed by atoms with E-state index in [1.807, 2.05) is 72.8 Å². The minimum absolute atomic E-state index is 0. The van der Waals surface area contributed by atoms with E-state index in [1.54, 1.807) is 24.3 Å². The summed E-state index contributed by atoms with van der Waals surface area (Å²) >= 11 is 0. The minimum atomic E-state index is -2.18. The maximum Gasteiger partial charge on any atom is 0.218 e. The fraction of sp³-hybridized carbons (Fsp3) is 0.152. The Morgan fingerprint density at radius 1 is 0.421 bits per heavy atom. The number of rotatable bonds is 6. The van der Waals surface area contributed by atoms with E-state index < -0.39 is 43.6 Å². The summed E-state index contributed by atoms with van der Waals surface area (Å²) in [6.07, 6.45) is 2.60. The van der Waals surface area contributed by atoms with Crippen LogP contribution < -0.4 is 10.4 Å². The third-order valence-corrected chi connectivity index (χ3v) is 16.0.